The van der Waals surface area contributed by atoms with Crippen LogP contribution >= 0.6 is 0 Å². The van der Waals surface area contributed by atoms with Gasteiger partial charge in [0, 0.05) is 0 Å². The number of hydrogen-bond acceptors (Lipinski definition) is 2. The van der Waals surface area contributed by atoms with Crippen molar-refractivity contribution >= 4 is 17.0 Å². The predicted molar refractivity (Wildman–Crippen MR) is 38.1 cm³/mol. The zero-order valence-electron chi connectivity index (χ0n) is 5.06. The summed E-state index contributed by atoms with van der Waals surface area (Å²) in [4.78, 5) is 0. The Bertz CT molecular complexity index is 262. The van der Waals surface area contributed by atoms with Crippen molar-refractivity contribution in [1.29, 1.82) is 0 Å². The van der Waals surface area contributed by atoms with Gasteiger partial charge in [0.25, 0.3) is 0 Å². The zero-order valence-corrected chi connectivity index (χ0v) is 5.88. The van der Waals surface area contributed by atoms with E-state index in [0.29, 0.717) is 0 Å². The molecule has 4 heteroatoms. The van der Waals surface area contributed by atoms with Gasteiger partial charge in [-0.25, -0.2) is 4.21 Å². The Hall–Kier alpha value is -0.870. The minimum absolute atomic E-state index is 0.834. The summed E-state index contributed by atoms with van der Waals surface area (Å²) >= 11 is -1.22. The molecule has 0 aliphatic carbocycles. The third kappa shape index (κ3) is 0.913. The molecule has 52 valence electrons. The van der Waals surface area contributed by atoms with Gasteiger partial charge in [-0.05, 0) is 12.1 Å². The maximum atomic E-state index is 10.5. The summed E-state index contributed by atoms with van der Waals surface area (Å²) in [6.07, 6.45) is 0. The molecule has 0 spiro atoms. The van der Waals surface area contributed by atoms with Crippen LogP contribution in [0.2, 0.25) is 0 Å². The molecule has 0 amide bonds. The molecule has 1 aliphatic rings. The summed E-state index contributed by atoms with van der Waals surface area (Å²) < 4.78 is 16.5. The zero-order chi connectivity index (χ0) is 6.97. The smallest absolute Gasteiger partial charge is 0.201 e. The lowest BCUT2D eigenvalue weighted by Gasteiger charge is -1.90. The Morgan fingerprint density at radius 2 is 1.90 bits per heavy atom. The molecular formula is C6H5NO2S. The van der Waals surface area contributed by atoms with Gasteiger partial charge in [-0.3, -0.25) is 0 Å². The van der Waals surface area contributed by atoms with E-state index in [1.807, 2.05) is 30.3 Å². The Balaban J connectivity index is 2.28. The molecular weight excluding hydrogens is 150 g/mol. The van der Waals surface area contributed by atoms with E-state index in [0.717, 1.165) is 5.69 Å². The monoisotopic (exact) mass is 155 g/mol. The molecule has 1 unspecified atom stereocenters. The maximum absolute atomic E-state index is 10.5. The molecule has 1 saturated heterocycles. The van der Waals surface area contributed by atoms with Crippen LogP contribution in [0.1, 0.15) is 0 Å². The van der Waals surface area contributed by atoms with Gasteiger partial charge in [0.15, 0.2) is 0 Å². The second kappa shape index (κ2) is 2.07. The van der Waals surface area contributed by atoms with E-state index in [-0.39, 0.29) is 0 Å². The topological polar surface area (TPSA) is 32.6 Å². The van der Waals surface area contributed by atoms with E-state index in [9.17, 15) is 4.21 Å². The highest BCUT2D eigenvalue weighted by molar-refractivity contribution is 7.87. The normalized spacial score (nSPS) is 22.8. The molecule has 1 aromatic rings. The molecule has 10 heavy (non-hydrogen) atoms. The molecule has 1 aliphatic heterocycles. The first kappa shape index (κ1) is 5.88. The van der Waals surface area contributed by atoms with Crippen molar-refractivity contribution < 1.29 is 8.49 Å². The summed E-state index contributed by atoms with van der Waals surface area (Å²) in [5, 5.41) is 0. The molecule has 1 atom stereocenters. The van der Waals surface area contributed by atoms with Gasteiger partial charge >= 0.3 is 11.3 Å². The SMILES string of the molecule is O=S1ON1c1ccccc1. The Kier molecular flexibility index (Phi) is 1.22. The maximum Gasteiger partial charge on any atom is 0.314 e. The van der Waals surface area contributed by atoms with Crippen LogP contribution in [0.3, 0.4) is 0 Å². The summed E-state index contributed by atoms with van der Waals surface area (Å²) in [6.45, 7) is 0. The Morgan fingerprint density at radius 1 is 1.30 bits per heavy atom. The van der Waals surface area contributed by atoms with Crippen LogP contribution < -0.4 is 4.47 Å². The number of hydrogen-bond donors (Lipinski definition) is 0. The first-order valence-electron chi connectivity index (χ1n) is 2.83. The van der Waals surface area contributed by atoms with Crippen LogP contribution in [-0.2, 0) is 15.6 Å². The third-order valence-corrected chi connectivity index (χ3v) is 1.92. The Labute approximate surface area is 61.0 Å². The molecule has 3 nitrogen and oxygen atoms in total. The van der Waals surface area contributed by atoms with Gasteiger partial charge in [0.1, 0.15) is 0 Å². The molecule has 1 fully saturated rings. The fourth-order valence-corrected chi connectivity index (χ4v) is 1.27. The van der Waals surface area contributed by atoms with E-state index in [1.54, 1.807) is 0 Å². The summed E-state index contributed by atoms with van der Waals surface area (Å²) in [5.74, 6) is 0. The average Bonchev–Trinajstić information content (AvgIpc) is 2.69. The van der Waals surface area contributed by atoms with E-state index in [1.165, 1.54) is 4.47 Å². The lowest BCUT2D eigenvalue weighted by Crippen LogP contribution is -1.88. The quantitative estimate of drug-likeness (QED) is 0.567. The molecule has 0 saturated carbocycles. The second-order valence-electron chi connectivity index (χ2n) is 1.88. The first-order valence-corrected chi connectivity index (χ1v) is 3.86. The van der Waals surface area contributed by atoms with Crippen LogP contribution in [0.25, 0.3) is 0 Å². The van der Waals surface area contributed by atoms with Crippen LogP contribution in [0.4, 0.5) is 5.69 Å². The molecule has 0 bridgehead atoms. The lowest BCUT2D eigenvalue weighted by atomic mass is 10.3. The fourth-order valence-electron chi connectivity index (χ4n) is 0.723. The number of nitrogens with zero attached hydrogens (tertiary/aromatic N) is 1. The number of anilines is 1. The van der Waals surface area contributed by atoms with Crippen molar-refractivity contribution in [2.24, 2.45) is 0 Å². The van der Waals surface area contributed by atoms with Crippen molar-refractivity contribution in [3.05, 3.63) is 30.3 Å². The van der Waals surface area contributed by atoms with Crippen molar-refractivity contribution in [2.75, 3.05) is 4.47 Å². The molecule has 0 radical (unpaired) electrons. The average molecular weight is 155 g/mol. The molecule has 0 aromatic heterocycles. The van der Waals surface area contributed by atoms with Crippen LogP contribution in [0.5, 0.6) is 0 Å². The standard InChI is InChI=1S/C6H5NO2S/c8-10-7(9-10)6-4-2-1-3-5-6/h1-5H. The van der Waals surface area contributed by atoms with Gasteiger partial charge in [0.05, 0.1) is 5.69 Å². The predicted octanol–water partition coefficient (Wildman–Crippen LogP) is 1.02. The highest BCUT2D eigenvalue weighted by Crippen LogP contribution is 2.26. The molecule has 1 heterocycles. The van der Waals surface area contributed by atoms with Crippen molar-refractivity contribution in [3.63, 3.8) is 0 Å². The van der Waals surface area contributed by atoms with Gasteiger partial charge in [-0.2, -0.15) is 0 Å². The summed E-state index contributed by atoms with van der Waals surface area (Å²) in [6, 6.07) is 9.31. The lowest BCUT2D eigenvalue weighted by molar-refractivity contribution is 0.522. The minimum Gasteiger partial charge on any atom is -0.201 e. The number of benzene rings is 1. The van der Waals surface area contributed by atoms with Crippen LogP contribution in [0, 0.1) is 0 Å². The number of rotatable bonds is 1. The van der Waals surface area contributed by atoms with E-state index in [4.69, 9.17) is 0 Å². The van der Waals surface area contributed by atoms with Crippen LogP contribution in [-0.4, -0.2) is 4.21 Å². The van der Waals surface area contributed by atoms with E-state index >= 15 is 0 Å². The van der Waals surface area contributed by atoms with Gasteiger partial charge in [-0.1, -0.05) is 18.2 Å². The summed E-state index contributed by atoms with van der Waals surface area (Å²) in [5.41, 5.74) is 0.834. The second-order valence-corrected chi connectivity index (χ2v) is 2.80. The highest BCUT2D eigenvalue weighted by atomic mass is 32.2. The minimum atomic E-state index is -1.22. The molecule has 2 rings (SSSR count). The van der Waals surface area contributed by atoms with Crippen molar-refractivity contribution in [1.82, 2.24) is 0 Å². The van der Waals surface area contributed by atoms with E-state index in [2.05, 4.69) is 4.28 Å². The van der Waals surface area contributed by atoms with Crippen molar-refractivity contribution in [2.45, 2.75) is 0 Å². The third-order valence-electron chi connectivity index (χ3n) is 1.21. The fraction of sp³-hybridized carbons (Fsp3) is 0. The van der Waals surface area contributed by atoms with Gasteiger partial charge in [-0.15, -0.1) is 8.75 Å². The van der Waals surface area contributed by atoms with Gasteiger partial charge in [0.2, 0.25) is 0 Å². The molecule has 1 aromatic carbocycles. The van der Waals surface area contributed by atoms with Gasteiger partial charge < -0.3 is 0 Å². The first-order chi connectivity index (χ1) is 4.88. The Morgan fingerprint density at radius 3 is 2.40 bits per heavy atom. The van der Waals surface area contributed by atoms with E-state index < -0.39 is 11.3 Å². The van der Waals surface area contributed by atoms with Crippen LogP contribution in [0.15, 0.2) is 30.3 Å². The summed E-state index contributed by atoms with van der Waals surface area (Å²) in [7, 11) is 0. The van der Waals surface area contributed by atoms with Crippen molar-refractivity contribution in [3.8, 4) is 0 Å². The largest absolute Gasteiger partial charge is 0.314 e. The highest BCUT2D eigenvalue weighted by Gasteiger charge is 2.33. The number of para-hydroxylation sites is 1. The molecule has 0 N–H and O–H groups in total.